The predicted molar refractivity (Wildman–Crippen MR) is 137 cm³/mol. The molecule has 2 N–H and O–H groups in total. The van der Waals surface area contributed by atoms with Crippen LogP contribution >= 0.6 is 43.5 Å². The van der Waals surface area contributed by atoms with Crippen molar-refractivity contribution in [3.05, 3.63) is 79.7 Å². The summed E-state index contributed by atoms with van der Waals surface area (Å²) in [7, 11) is 0. The number of carbonyl (C=O) groups excluding carboxylic acids is 2. The molecule has 3 aromatic carbocycles. The van der Waals surface area contributed by atoms with E-state index in [0.29, 0.717) is 25.3 Å². The minimum absolute atomic E-state index is 0.0339. The van der Waals surface area contributed by atoms with Gasteiger partial charge in [-0.25, -0.2) is 4.79 Å². The van der Waals surface area contributed by atoms with E-state index in [9.17, 15) is 24.6 Å². The zero-order chi connectivity index (χ0) is 25.7. The summed E-state index contributed by atoms with van der Waals surface area (Å²) in [6.07, 6.45) is -0.819. The van der Waals surface area contributed by atoms with Gasteiger partial charge in [-0.3, -0.25) is 14.5 Å². The van der Waals surface area contributed by atoms with Crippen molar-refractivity contribution in [1.29, 1.82) is 0 Å². The number of benzene rings is 3. The smallest absolute Gasteiger partial charge is 0.414 e. The lowest BCUT2D eigenvalue weighted by Gasteiger charge is -2.22. The maximum Gasteiger partial charge on any atom is 0.414 e. The molecule has 182 valence electrons. The number of rotatable bonds is 8. The normalized spacial score (nSPS) is 10.5. The second-order valence-corrected chi connectivity index (χ2v) is 9.03. The molecule has 1 amide bonds. The first-order valence-corrected chi connectivity index (χ1v) is 12.0. The van der Waals surface area contributed by atoms with E-state index in [-0.39, 0.29) is 29.4 Å². The van der Waals surface area contributed by atoms with E-state index in [1.807, 2.05) is 0 Å². The highest BCUT2D eigenvalue weighted by molar-refractivity contribution is 9.13. The Balaban J connectivity index is 1.92. The minimum Gasteiger partial charge on any atom is -0.507 e. The number of ether oxygens (including phenoxy) is 2. The molecular weight excluding hydrogens is 610 g/mol. The Morgan fingerprint density at radius 1 is 1.00 bits per heavy atom. The van der Waals surface area contributed by atoms with Crippen molar-refractivity contribution in [2.45, 2.75) is 6.92 Å². The van der Waals surface area contributed by atoms with Crippen LogP contribution in [-0.2, 0) is 9.53 Å². The maximum atomic E-state index is 12.9. The molecule has 0 heterocycles. The zero-order valence-electron chi connectivity index (χ0n) is 18.1. The number of anilines is 1. The van der Waals surface area contributed by atoms with Gasteiger partial charge in [0, 0.05) is 10.6 Å². The lowest BCUT2D eigenvalue weighted by molar-refractivity contribution is -0.135. The van der Waals surface area contributed by atoms with Gasteiger partial charge in [0.15, 0.2) is 5.78 Å². The summed E-state index contributed by atoms with van der Waals surface area (Å²) in [5.74, 6) is -1.29. The number of halogens is 3. The summed E-state index contributed by atoms with van der Waals surface area (Å²) in [5.41, 5.74) is 0.619. The summed E-state index contributed by atoms with van der Waals surface area (Å²) in [6, 6.07) is 13.5. The van der Waals surface area contributed by atoms with E-state index in [2.05, 4.69) is 31.9 Å². The Bertz CT molecular complexity index is 1280. The number of aromatic hydroxyl groups is 1. The molecule has 0 aliphatic carbocycles. The fourth-order valence-electron chi connectivity index (χ4n) is 3.04. The van der Waals surface area contributed by atoms with Crippen molar-refractivity contribution in [3.8, 4) is 17.2 Å². The molecule has 3 rings (SSSR count). The predicted octanol–water partition coefficient (Wildman–Crippen LogP) is 6.64. The molecular formula is C24H18Br2ClNO7. The number of carboxylic acid groups (broad SMARTS) is 1. The molecule has 0 radical (unpaired) electrons. The fourth-order valence-corrected chi connectivity index (χ4v) is 4.12. The van der Waals surface area contributed by atoms with Gasteiger partial charge in [0.25, 0.3) is 0 Å². The first-order valence-electron chi connectivity index (χ1n) is 10.1. The molecule has 0 saturated heterocycles. The largest absolute Gasteiger partial charge is 0.507 e. The molecule has 11 heteroatoms. The van der Waals surface area contributed by atoms with Crippen LogP contribution in [0.15, 0.2) is 63.5 Å². The van der Waals surface area contributed by atoms with Gasteiger partial charge in [-0.2, -0.15) is 0 Å². The van der Waals surface area contributed by atoms with Gasteiger partial charge in [-0.05, 0) is 93.4 Å². The van der Waals surface area contributed by atoms with Crippen LogP contribution < -0.4 is 9.64 Å². The summed E-state index contributed by atoms with van der Waals surface area (Å²) < 4.78 is 11.6. The van der Waals surface area contributed by atoms with Crippen molar-refractivity contribution >= 4 is 67.0 Å². The van der Waals surface area contributed by atoms with E-state index < -0.39 is 24.4 Å². The number of carbonyl (C=O) groups is 3. The Labute approximate surface area is 222 Å². The van der Waals surface area contributed by atoms with Crippen LogP contribution in [-0.4, -0.2) is 41.2 Å². The topological polar surface area (TPSA) is 113 Å². The third kappa shape index (κ3) is 6.33. The van der Waals surface area contributed by atoms with Gasteiger partial charge in [0.2, 0.25) is 0 Å². The number of phenols is 1. The maximum absolute atomic E-state index is 12.9. The molecule has 0 spiro atoms. The highest BCUT2D eigenvalue weighted by atomic mass is 79.9. The number of nitrogens with zero attached hydrogens (tertiary/aromatic N) is 1. The van der Waals surface area contributed by atoms with E-state index in [1.54, 1.807) is 31.2 Å². The molecule has 0 atom stereocenters. The molecule has 3 aromatic rings. The number of hydrogen-bond donors (Lipinski definition) is 2. The molecule has 35 heavy (non-hydrogen) atoms. The van der Waals surface area contributed by atoms with Crippen LogP contribution in [0.2, 0.25) is 5.02 Å². The van der Waals surface area contributed by atoms with Crippen molar-refractivity contribution < 1.29 is 34.1 Å². The number of phenolic OH excluding ortho intramolecular Hbond substituents is 1. The number of amides is 1. The van der Waals surface area contributed by atoms with Gasteiger partial charge in [0.1, 0.15) is 23.8 Å². The standard InChI is InChI=1S/C24H18Br2ClNO7/c1-2-34-24(33)28(12-20(30)31)17-8-10-19(22(26)21(17)25)35-15-7-9-18(29)16(11-15)23(32)13-3-5-14(27)6-4-13/h3-11,29H,2,12H2,1H3,(H,30,31). The molecule has 8 nitrogen and oxygen atoms in total. The molecule has 0 saturated carbocycles. The molecule has 0 fully saturated rings. The zero-order valence-corrected chi connectivity index (χ0v) is 22.1. The Kier molecular flexibility index (Phi) is 8.76. The third-order valence-electron chi connectivity index (χ3n) is 4.65. The number of hydrogen-bond acceptors (Lipinski definition) is 6. The second kappa shape index (κ2) is 11.6. The van der Waals surface area contributed by atoms with Gasteiger partial charge in [-0.1, -0.05) is 11.6 Å². The SMILES string of the molecule is CCOC(=O)N(CC(=O)O)c1ccc(Oc2ccc(O)c(C(=O)c3ccc(Cl)cc3)c2)c(Br)c1Br. The van der Waals surface area contributed by atoms with Crippen LogP contribution in [0, 0.1) is 0 Å². The lowest BCUT2D eigenvalue weighted by atomic mass is 10.0. The van der Waals surface area contributed by atoms with Crippen LogP contribution in [0.5, 0.6) is 17.2 Å². The van der Waals surface area contributed by atoms with Gasteiger partial charge in [-0.15, -0.1) is 0 Å². The average molecular weight is 628 g/mol. The van der Waals surface area contributed by atoms with Gasteiger partial charge in [0.05, 0.1) is 26.8 Å². The molecule has 0 aliphatic rings. The second-order valence-electron chi connectivity index (χ2n) is 7.01. The van der Waals surface area contributed by atoms with Gasteiger partial charge < -0.3 is 19.7 Å². The van der Waals surface area contributed by atoms with E-state index in [4.69, 9.17) is 21.1 Å². The number of aliphatic carboxylic acids is 1. The van der Waals surface area contributed by atoms with Gasteiger partial charge >= 0.3 is 12.1 Å². The summed E-state index contributed by atoms with van der Waals surface area (Å²) in [4.78, 5) is 37.4. The van der Waals surface area contributed by atoms with Crippen LogP contribution in [0.25, 0.3) is 0 Å². The minimum atomic E-state index is -1.22. The van der Waals surface area contributed by atoms with Crippen molar-refractivity contribution in [1.82, 2.24) is 0 Å². The van der Waals surface area contributed by atoms with Crippen molar-refractivity contribution in [3.63, 3.8) is 0 Å². The third-order valence-corrected chi connectivity index (χ3v) is 7.02. The van der Waals surface area contributed by atoms with Crippen LogP contribution in [0.4, 0.5) is 10.5 Å². The lowest BCUT2D eigenvalue weighted by Crippen LogP contribution is -2.36. The fraction of sp³-hybridized carbons (Fsp3) is 0.125. The quantitative estimate of drug-likeness (QED) is 0.269. The molecule has 0 aliphatic heterocycles. The van der Waals surface area contributed by atoms with E-state index >= 15 is 0 Å². The number of carboxylic acids is 1. The number of ketones is 1. The van der Waals surface area contributed by atoms with Crippen molar-refractivity contribution in [2.24, 2.45) is 0 Å². The summed E-state index contributed by atoms with van der Waals surface area (Å²) in [5, 5.41) is 19.9. The Morgan fingerprint density at radius 3 is 2.31 bits per heavy atom. The van der Waals surface area contributed by atoms with Crippen LogP contribution in [0.3, 0.4) is 0 Å². The average Bonchev–Trinajstić information content (AvgIpc) is 2.82. The first kappa shape index (κ1) is 26.5. The first-order chi connectivity index (χ1) is 16.6. The molecule has 0 aromatic heterocycles. The summed E-state index contributed by atoms with van der Waals surface area (Å²) >= 11 is 12.6. The van der Waals surface area contributed by atoms with Crippen molar-refractivity contribution in [2.75, 3.05) is 18.1 Å². The monoisotopic (exact) mass is 625 g/mol. The van der Waals surface area contributed by atoms with E-state index in [1.165, 1.54) is 30.3 Å². The Morgan fingerprint density at radius 2 is 1.69 bits per heavy atom. The van der Waals surface area contributed by atoms with E-state index in [0.717, 1.165) is 4.90 Å². The van der Waals surface area contributed by atoms with Crippen LogP contribution in [0.1, 0.15) is 22.8 Å². The molecule has 0 bridgehead atoms. The molecule has 0 unspecified atom stereocenters. The summed E-state index contributed by atoms with van der Waals surface area (Å²) in [6.45, 7) is 1.08. The highest BCUT2D eigenvalue weighted by Gasteiger charge is 2.25. The highest BCUT2D eigenvalue weighted by Crippen LogP contribution is 2.42. The Hall–Kier alpha value is -3.08.